The van der Waals surface area contributed by atoms with E-state index in [4.69, 9.17) is 15.6 Å². The van der Waals surface area contributed by atoms with Gasteiger partial charge in [-0.2, -0.15) is 0 Å². The molecule has 0 bridgehead atoms. The van der Waals surface area contributed by atoms with Crippen molar-refractivity contribution >= 4 is 5.91 Å². The fourth-order valence-corrected chi connectivity index (χ4v) is 1.28. The molecule has 0 aromatic heterocycles. The maximum absolute atomic E-state index is 10.8. The van der Waals surface area contributed by atoms with Gasteiger partial charge in [0.2, 0.25) is 0 Å². The number of rotatable bonds is 2. The topological polar surface area (TPSA) is 133 Å². The second-order valence-electron chi connectivity index (χ2n) is 3.26. The van der Waals surface area contributed by atoms with E-state index in [0.29, 0.717) is 0 Å². The second-order valence-corrected chi connectivity index (χ2v) is 3.26. The van der Waals surface area contributed by atoms with Crippen LogP contribution in [0.15, 0.2) is 0 Å². The lowest BCUT2D eigenvalue weighted by Crippen LogP contribution is -2.67. The first-order valence-electron chi connectivity index (χ1n) is 4.04. The van der Waals surface area contributed by atoms with Crippen molar-refractivity contribution in [1.82, 2.24) is 0 Å². The molecule has 0 radical (unpaired) electrons. The van der Waals surface area contributed by atoms with Crippen molar-refractivity contribution in [1.29, 1.82) is 0 Å². The highest BCUT2D eigenvalue weighted by Crippen LogP contribution is 2.23. The molecule has 1 saturated heterocycles. The third-order valence-corrected chi connectivity index (χ3v) is 2.32. The molecule has 0 aliphatic carbocycles. The zero-order chi connectivity index (χ0) is 10.9. The summed E-state index contributed by atoms with van der Waals surface area (Å²) in [6.07, 6.45) is -4.33. The highest BCUT2D eigenvalue weighted by molar-refractivity contribution is 5.84. The van der Waals surface area contributed by atoms with Crippen LogP contribution in [0.1, 0.15) is 0 Å². The quantitative estimate of drug-likeness (QED) is 0.316. The molecule has 1 aliphatic heterocycles. The first kappa shape index (κ1) is 11.3. The van der Waals surface area contributed by atoms with Crippen LogP contribution < -0.4 is 5.73 Å². The molecule has 0 spiro atoms. The average Bonchev–Trinajstić information content (AvgIpc) is 2.14. The number of amides is 1. The summed E-state index contributed by atoms with van der Waals surface area (Å²) in [6.45, 7) is -1.07. The molecular weight excluding hydrogens is 194 g/mol. The van der Waals surface area contributed by atoms with Gasteiger partial charge in [-0.05, 0) is 0 Å². The molecule has 1 heterocycles. The van der Waals surface area contributed by atoms with E-state index in [1.807, 2.05) is 0 Å². The Bertz CT molecular complexity index is 234. The normalized spacial score (nSPS) is 43.6. The minimum atomic E-state index is -2.30. The highest BCUT2D eigenvalue weighted by atomic mass is 16.5. The zero-order valence-corrected chi connectivity index (χ0v) is 7.33. The third kappa shape index (κ3) is 1.60. The molecule has 1 fully saturated rings. The predicted octanol–water partition coefficient (Wildman–Crippen LogP) is -3.68. The van der Waals surface area contributed by atoms with Crippen LogP contribution in [-0.2, 0) is 9.53 Å². The summed E-state index contributed by atoms with van der Waals surface area (Å²) in [6, 6.07) is 0. The van der Waals surface area contributed by atoms with Gasteiger partial charge in [-0.25, -0.2) is 0 Å². The number of aliphatic hydroxyl groups is 4. The molecule has 0 aromatic rings. The molecule has 1 rings (SSSR count). The smallest absolute Gasteiger partial charge is 0.254 e. The van der Waals surface area contributed by atoms with Crippen molar-refractivity contribution in [3.8, 4) is 0 Å². The van der Waals surface area contributed by atoms with E-state index in [1.165, 1.54) is 0 Å². The largest absolute Gasteiger partial charge is 0.394 e. The summed E-state index contributed by atoms with van der Waals surface area (Å²) in [4.78, 5) is 10.8. The van der Waals surface area contributed by atoms with Crippen molar-refractivity contribution in [2.75, 3.05) is 13.2 Å². The molecule has 1 amide bonds. The Labute approximate surface area is 79.7 Å². The first-order chi connectivity index (χ1) is 6.43. The van der Waals surface area contributed by atoms with Gasteiger partial charge in [0.05, 0.1) is 13.2 Å². The number of primary amides is 1. The van der Waals surface area contributed by atoms with Crippen molar-refractivity contribution < 1.29 is 30.0 Å². The molecular formula is C7H13NO6. The highest BCUT2D eigenvalue weighted by Gasteiger charge is 2.52. The van der Waals surface area contributed by atoms with Gasteiger partial charge in [-0.1, -0.05) is 0 Å². The fourth-order valence-electron chi connectivity index (χ4n) is 1.28. The number of nitrogens with two attached hydrogens (primary N) is 1. The van der Waals surface area contributed by atoms with Crippen LogP contribution in [0, 0.1) is 0 Å². The van der Waals surface area contributed by atoms with Crippen LogP contribution in [0.5, 0.6) is 0 Å². The van der Waals surface area contributed by atoms with Gasteiger partial charge in [0.1, 0.15) is 18.3 Å². The molecule has 82 valence electrons. The Hall–Kier alpha value is -0.730. The minimum absolute atomic E-state index is 0.521. The van der Waals surface area contributed by atoms with E-state index in [-0.39, 0.29) is 0 Å². The van der Waals surface area contributed by atoms with Crippen molar-refractivity contribution in [2.45, 2.75) is 23.9 Å². The predicted molar refractivity (Wildman–Crippen MR) is 43.0 cm³/mol. The third-order valence-electron chi connectivity index (χ3n) is 2.32. The Morgan fingerprint density at radius 2 is 2.14 bits per heavy atom. The van der Waals surface area contributed by atoms with E-state index in [1.54, 1.807) is 0 Å². The second kappa shape index (κ2) is 3.79. The number of ether oxygens (including phenoxy) is 1. The van der Waals surface area contributed by atoms with Crippen LogP contribution in [0.2, 0.25) is 0 Å². The van der Waals surface area contributed by atoms with Crippen molar-refractivity contribution in [3.63, 3.8) is 0 Å². The summed E-state index contributed by atoms with van der Waals surface area (Å²) in [5.41, 5.74) is 2.54. The van der Waals surface area contributed by atoms with Crippen molar-refractivity contribution in [2.24, 2.45) is 5.73 Å². The van der Waals surface area contributed by atoms with E-state index >= 15 is 0 Å². The van der Waals surface area contributed by atoms with Crippen LogP contribution in [0.25, 0.3) is 0 Å². The van der Waals surface area contributed by atoms with Crippen LogP contribution in [0.4, 0.5) is 0 Å². The fraction of sp³-hybridized carbons (Fsp3) is 0.857. The van der Waals surface area contributed by atoms with Crippen LogP contribution in [0.3, 0.4) is 0 Å². The molecule has 7 nitrogen and oxygen atoms in total. The summed E-state index contributed by atoms with van der Waals surface area (Å²) >= 11 is 0. The SMILES string of the molecule is NC(=O)[C@]1(O)CO[C@H](CO)[C@@H](O)[C@@H]1O. The number of hydrogen-bond donors (Lipinski definition) is 5. The zero-order valence-electron chi connectivity index (χ0n) is 7.33. The average molecular weight is 207 g/mol. The van der Waals surface area contributed by atoms with Gasteiger partial charge in [0, 0.05) is 0 Å². The Balaban J connectivity index is 2.83. The van der Waals surface area contributed by atoms with Gasteiger partial charge < -0.3 is 30.9 Å². The van der Waals surface area contributed by atoms with E-state index in [9.17, 15) is 20.1 Å². The maximum atomic E-state index is 10.8. The lowest BCUT2D eigenvalue weighted by molar-refractivity contribution is -0.234. The number of carbonyl (C=O) groups is 1. The number of aliphatic hydroxyl groups excluding tert-OH is 3. The maximum Gasteiger partial charge on any atom is 0.254 e. The van der Waals surface area contributed by atoms with Crippen LogP contribution in [-0.4, -0.2) is 63.5 Å². The standard InChI is InChI=1S/C7H13NO6/c8-6(12)7(13)2-14-3(1-9)4(10)5(7)11/h3-5,9-11,13H,1-2H2,(H2,8,12)/t3-,4-,5+,7+/m1/s1. The van der Waals surface area contributed by atoms with Gasteiger partial charge in [0.15, 0.2) is 5.60 Å². The van der Waals surface area contributed by atoms with Gasteiger partial charge in [0.25, 0.3) is 5.91 Å². The Morgan fingerprint density at radius 1 is 1.57 bits per heavy atom. The van der Waals surface area contributed by atoms with E-state index < -0.39 is 43.0 Å². The van der Waals surface area contributed by atoms with Crippen LogP contribution >= 0.6 is 0 Å². The Kier molecular flexibility index (Phi) is 3.07. The molecule has 7 heteroatoms. The molecule has 1 aliphatic rings. The summed E-state index contributed by atoms with van der Waals surface area (Å²) in [5, 5.41) is 36.9. The monoisotopic (exact) mass is 207 g/mol. The summed E-state index contributed by atoms with van der Waals surface area (Å²) in [7, 11) is 0. The van der Waals surface area contributed by atoms with E-state index in [2.05, 4.69) is 0 Å². The summed E-state index contributed by atoms with van der Waals surface area (Å²) in [5.74, 6) is -1.18. The molecule has 0 aromatic carbocycles. The molecule has 14 heavy (non-hydrogen) atoms. The van der Waals surface area contributed by atoms with Gasteiger partial charge >= 0.3 is 0 Å². The molecule has 4 atom stereocenters. The van der Waals surface area contributed by atoms with Gasteiger partial charge in [-0.3, -0.25) is 4.79 Å². The van der Waals surface area contributed by atoms with Gasteiger partial charge in [-0.15, -0.1) is 0 Å². The molecule has 6 N–H and O–H groups in total. The lowest BCUT2D eigenvalue weighted by atomic mass is 9.87. The molecule has 0 unspecified atom stereocenters. The van der Waals surface area contributed by atoms with E-state index in [0.717, 1.165) is 0 Å². The first-order valence-corrected chi connectivity index (χ1v) is 4.04. The Morgan fingerprint density at radius 3 is 2.57 bits per heavy atom. The van der Waals surface area contributed by atoms with Crippen molar-refractivity contribution in [3.05, 3.63) is 0 Å². The lowest BCUT2D eigenvalue weighted by Gasteiger charge is -2.40. The minimum Gasteiger partial charge on any atom is -0.394 e. The summed E-state index contributed by atoms with van der Waals surface area (Å²) < 4.78 is 4.78. The number of carbonyl (C=O) groups excluding carboxylic acids is 1. The number of hydrogen-bond acceptors (Lipinski definition) is 6. The molecule has 0 saturated carbocycles.